The van der Waals surface area contributed by atoms with E-state index in [1.54, 1.807) is 37.3 Å². The minimum absolute atomic E-state index is 0.00585. The number of furan rings is 1. The van der Waals surface area contributed by atoms with Gasteiger partial charge in [-0.1, -0.05) is 36.4 Å². The van der Waals surface area contributed by atoms with E-state index >= 15 is 0 Å². The molecule has 1 fully saturated rings. The zero-order valence-corrected chi connectivity index (χ0v) is 19.1. The fourth-order valence-electron chi connectivity index (χ4n) is 4.37. The largest absolute Gasteiger partial charge is 0.507 e. The molecular weight excluding hydrogens is 428 g/mol. The van der Waals surface area contributed by atoms with Gasteiger partial charge in [-0.15, -0.1) is 0 Å². The highest BCUT2D eigenvalue weighted by Crippen LogP contribution is 2.43. The molecule has 1 N–H and O–H groups in total. The van der Waals surface area contributed by atoms with Gasteiger partial charge in [0.25, 0.3) is 11.7 Å². The zero-order valence-electron chi connectivity index (χ0n) is 19.1. The van der Waals surface area contributed by atoms with Crippen LogP contribution in [0, 0.1) is 6.92 Å². The van der Waals surface area contributed by atoms with Gasteiger partial charge in [0, 0.05) is 31.0 Å². The van der Waals surface area contributed by atoms with Gasteiger partial charge in [-0.05, 0) is 60.2 Å². The summed E-state index contributed by atoms with van der Waals surface area (Å²) in [7, 11) is 3.85. The van der Waals surface area contributed by atoms with E-state index in [4.69, 9.17) is 4.42 Å². The van der Waals surface area contributed by atoms with Crippen molar-refractivity contribution in [3.8, 4) is 0 Å². The van der Waals surface area contributed by atoms with Crippen LogP contribution >= 0.6 is 0 Å². The minimum atomic E-state index is -0.884. The molecule has 34 heavy (non-hydrogen) atoms. The molecule has 1 aliphatic heterocycles. The molecule has 0 spiro atoms. The monoisotopic (exact) mass is 452 g/mol. The number of benzene rings is 3. The smallest absolute Gasteiger partial charge is 0.300 e. The summed E-state index contributed by atoms with van der Waals surface area (Å²) in [6, 6.07) is 23.2. The summed E-state index contributed by atoms with van der Waals surface area (Å²) >= 11 is 0. The van der Waals surface area contributed by atoms with E-state index in [0.717, 1.165) is 16.5 Å². The van der Waals surface area contributed by atoms with Crippen LogP contribution in [0.5, 0.6) is 0 Å². The lowest BCUT2D eigenvalue weighted by Crippen LogP contribution is -2.29. The van der Waals surface area contributed by atoms with E-state index in [-0.39, 0.29) is 11.3 Å². The number of rotatable bonds is 4. The van der Waals surface area contributed by atoms with Crippen molar-refractivity contribution in [3.05, 3.63) is 102 Å². The molecule has 2 heterocycles. The van der Waals surface area contributed by atoms with Crippen LogP contribution in [0.2, 0.25) is 0 Å². The highest BCUT2D eigenvalue weighted by molar-refractivity contribution is 6.51. The van der Waals surface area contributed by atoms with Gasteiger partial charge >= 0.3 is 0 Å². The maximum absolute atomic E-state index is 13.3. The second kappa shape index (κ2) is 8.23. The molecule has 170 valence electrons. The van der Waals surface area contributed by atoms with E-state index in [9.17, 15) is 14.7 Å². The lowest BCUT2D eigenvalue weighted by molar-refractivity contribution is -0.132. The average Bonchev–Trinajstić information content (AvgIpc) is 3.39. The molecule has 5 rings (SSSR count). The Morgan fingerprint density at radius 3 is 2.26 bits per heavy atom. The van der Waals surface area contributed by atoms with Crippen LogP contribution in [0.25, 0.3) is 16.5 Å². The van der Waals surface area contributed by atoms with Crippen molar-refractivity contribution in [3.63, 3.8) is 0 Å². The maximum atomic E-state index is 13.3. The van der Waals surface area contributed by atoms with Gasteiger partial charge in [0.05, 0.1) is 5.57 Å². The van der Waals surface area contributed by atoms with E-state index in [0.29, 0.717) is 22.8 Å². The van der Waals surface area contributed by atoms with Gasteiger partial charge in [-0.3, -0.25) is 14.5 Å². The molecule has 1 aromatic heterocycles. The minimum Gasteiger partial charge on any atom is -0.507 e. The van der Waals surface area contributed by atoms with Gasteiger partial charge in [-0.25, -0.2) is 0 Å². The van der Waals surface area contributed by atoms with Crippen molar-refractivity contribution >= 4 is 39.6 Å². The second-order valence-electron chi connectivity index (χ2n) is 8.59. The summed E-state index contributed by atoms with van der Waals surface area (Å²) in [5.41, 5.74) is 1.98. The molecule has 1 aliphatic rings. The molecule has 0 aliphatic carbocycles. The number of carbonyl (C=O) groups excluding carboxylic acids is 2. The Hall–Kier alpha value is -4.32. The first-order chi connectivity index (χ1) is 16.3. The van der Waals surface area contributed by atoms with E-state index in [1.165, 1.54) is 4.90 Å². The van der Waals surface area contributed by atoms with Crippen LogP contribution in [-0.4, -0.2) is 30.9 Å². The predicted molar refractivity (Wildman–Crippen MR) is 133 cm³/mol. The number of hydrogen-bond acceptors (Lipinski definition) is 5. The molecule has 0 radical (unpaired) electrons. The van der Waals surface area contributed by atoms with Crippen LogP contribution < -0.4 is 9.80 Å². The van der Waals surface area contributed by atoms with Crippen molar-refractivity contribution in [1.29, 1.82) is 0 Å². The Bertz CT molecular complexity index is 1450. The van der Waals surface area contributed by atoms with Crippen LogP contribution in [-0.2, 0) is 9.59 Å². The number of nitrogens with zero attached hydrogens (tertiary/aromatic N) is 2. The Morgan fingerprint density at radius 1 is 0.912 bits per heavy atom. The van der Waals surface area contributed by atoms with Gasteiger partial charge < -0.3 is 14.4 Å². The van der Waals surface area contributed by atoms with Gasteiger partial charge in [0.1, 0.15) is 23.3 Å². The topological polar surface area (TPSA) is 74.0 Å². The Balaban J connectivity index is 1.68. The number of Topliss-reactive ketones (excluding diaryl/α,β-unsaturated/α-hetero) is 1. The summed E-state index contributed by atoms with van der Waals surface area (Å²) in [5, 5.41) is 13.3. The summed E-state index contributed by atoms with van der Waals surface area (Å²) in [4.78, 5) is 29.9. The fraction of sp³-hybridized carbons (Fsp3) is 0.143. The molecule has 4 aromatic rings. The number of fused-ring (bicyclic) bond motifs is 1. The first-order valence-electron chi connectivity index (χ1n) is 11.0. The molecule has 1 amide bonds. The Kier molecular flexibility index (Phi) is 5.21. The summed E-state index contributed by atoms with van der Waals surface area (Å²) in [5.74, 6) is -0.624. The van der Waals surface area contributed by atoms with Crippen LogP contribution in [0.1, 0.15) is 23.1 Å². The highest BCUT2D eigenvalue weighted by atomic mass is 16.3. The number of aryl methyl sites for hydroxylation is 1. The van der Waals surface area contributed by atoms with Crippen molar-refractivity contribution < 1.29 is 19.1 Å². The van der Waals surface area contributed by atoms with Crippen molar-refractivity contribution in [1.82, 2.24) is 0 Å². The number of carbonyl (C=O) groups is 2. The van der Waals surface area contributed by atoms with Crippen molar-refractivity contribution in [2.45, 2.75) is 13.0 Å². The second-order valence-corrected chi connectivity index (χ2v) is 8.59. The number of aliphatic hydroxyl groups is 1. The van der Waals surface area contributed by atoms with Crippen molar-refractivity contribution in [2.24, 2.45) is 0 Å². The number of amides is 1. The predicted octanol–water partition coefficient (Wildman–Crippen LogP) is 5.43. The fourth-order valence-corrected chi connectivity index (χ4v) is 4.37. The normalized spacial score (nSPS) is 17.5. The molecule has 0 saturated carbocycles. The zero-order chi connectivity index (χ0) is 24.0. The van der Waals surface area contributed by atoms with E-state index < -0.39 is 17.7 Å². The standard InChI is InChI=1S/C28H24N2O4/c1-17-8-15-23(34-17)25-24(26(31)20-10-9-18-6-4-5-7-19(18)16-20)27(32)28(33)30(25)22-13-11-21(12-14-22)29(2)3/h4-16,25,31H,1-3H3/b26-24-. The first-order valence-corrected chi connectivity index (χ1v) is 11.0. The molecule has 6 nitrogen and oxygen atoms in total. The van der Waals surface area contributed by atoms with E-state index in [1.807, 2.05) is 67.5 Å². The molecule has 1 saturated heterocycles. The molecule has 0 bridgehead atoms. The average molecular weight is 453 g/mol. The maximum Gasteiger partial charge on any atom is 0.300 e. The molecular formula is C28H24N2O4. The third kappa shape index (κ3) is 3.53. The number of aliphatic hydroxyl groups excluding tert-OH is 1. The molecule has 1 atom stereocenters. The van der Waals surface area contributed by atoms with E-state index in [2.05, 4.69) is 0 Å². The third-order valence-corrected chi connectivity index (χ3v) is 6.14. The van der Waals surface area contributed by atoms with Crippen LogP contribution in [0.4, 0.5) is 11.4 Å². The van der Waals surface area contributed by atoms with Gasteiger partial charge in [0.15, 0.2) is 0 Å². The quantitative estimate of drug-likeness (QED) is 0.254. The van der Waals surface area contributed by atoms with Crippen LogP contribution in [0.3, 0.4) is 0 Å². The number of ketones is 1. The summed E-state index contributed by atoms with van der Waals surface area (Å²) in [6.07, 6.45) is 0. The number of hydrogen-bond donors (Lipinski definition) is 1. The molecule has 1 unspecified atom stereocenters. The SMILES string of the molecule is Cc1ccc(C2/C(=C(/O)c3ccc4ccccc4c3)C(=O)C(=O)N2c2ccc(N(C)C)cc2)o1. The first kappa shape index (κ1) is 21.5. The Morgan fingerprint density at radius 2 is 1.62 bits per heavy atom. The summed E-state index contributed by atoms with van der Waals surface area (Å²) < 4.78 is 5.86. The van der Waals surface area contributed by atoms with Crippen molar-refractivity contribution in [2.75, 3.05) is 23.9 Å². The van der Waals surface area contributed by atoms with Crippen LogP contribution in [0.15, 0.2) is 88.9 Å². The third-order valence-electron chi connectivity index (χ3n) is 6.14. The number of anilines is 2. The molecule has 6 heteroatoms. The lowest BCUT2D eigenvalue weighted by Gasteiger charge is -2.24. The van der Waals surface area contributed by atoms with Gasteiger partial charge in [-0.2, -0.15) is 0 Å². The van der Waals surface area contributed by atoms with Gasteiger partial charge in [0.2, 0.25) is 0 Å². The molecule has 3 aromatic carbocycles. The Labute approximate surface area is 197 Å². The summed E-state index contributed by atoms with van der Waals surface area (Å²) in [6.45, 7) is 1.80. The highest BCUT2D eigenvalue weighted by Gasteiger charge is 2.48. The lowest BCUT2D eigenvalue weighted by atomic mass is 9.97.